The van der Waals surface area contributed by atoms with Crippen molar-refractivity contribution in [2.75, 3.05) is 5.32 Å². The Kier molecular flexibility index (Phi) is 2.55. The Morgan fingerprint density at radius 2 is 2.05 bits per heavy atom. The number of fused-ring (bicyclic) bond motifs is 3. The first-order valence-corrected chi connectivity index (χ1v) is 6.11. The van der Waals surface area contributed by atoms with Gasteiger partial charge in [0.05, 0.1) is 5.56 Å². The van der Waals surface area contributed by atoms with E-state index in [-0.39, 0.29) is 17.4 Å². The quantitative estimate of drug-likeness (QED) is 0.706. The van der Waals surface area contributed by atoms with E-state index in [1.807, 2.05) is 12.2 Å². The molecule has 0 unspecified atom stereocenters. The first kappa shape index (κ1) is 11.8. The fourth-order valence-electron chi connectivity index (χ4n) is 2.97. The Hall–Kier alpha value is -2.30. The minimum atomic E-state index is -0.971. The molecule has 1 aromatic carbocycles. The van der Waals surface area contributed by atoms with Crippen LogP contribution in [0.5, 0.6) is 0 Å². The van der Waals surface area contributed by atoms with Gasteiger partial charge in [-0.3, -0.25) is 0 Å². The number of hydrogen-bond donors (Lipinski definition) is 3. The zero-order valence-electron chi connectivity index (χ0n) is 10.0. The van der Waals surface area contributed by atoms with E-state index in [0.717, 1.165) is 5.56 Å². The van der Waals surface area contributed by atoms with Crippen molar-refractivity contribution in [3.63, 3.8) is 0 Å². The molecule has 0 fully saturated rings. The summed E-state index contributed by atoms with van der Waals surface area (Å²) in [5.74, 6) is -1.90. The number of allylic oxidation sites excluding steroid dienone is 2. The number of carbonyl (C=O) groups is 2. The second kappa shape index (κ2) is 4.12. The number of carboxylic acids is 2. The zero-order chi connectivity index (χ0) is 13.6. The molecule has 0 saturated heterocycles. The van der Waals surface area contributed by atoms with Crippen LogP contribution in [0.2, 0.25) is 0 Å². The van der Waals surface area contributed by atoms with Crippen molar-refractivity contribution in [3.05, 3.63) is 41.5 Å². The SMILES string of the molecule is O=C(O)c1ccc2c(c1)[C@H]1C=CC[C@H]1[C@@H](C(=O)O)N2. The van der Waals surface area contributed by atoms with Gasteiger partial charge in [0, 0.05) is 17.5 Å². The summed E-state index contributed by atoms with van der Waals surface area (Å²) in [6.07, 6.45) is 4.65. The third-order valence-electron chi connectivity index (χ3n) is 3.88. The average molecular weight is 259 g/mol. The van der Waals surface area contributed by atoms with Crippen molar-refractivity contribution < 1.29 is 19.8 Å². The summed E-state index contributed by atoms with van der Waals surface area (Å²) < 4.78 is 0. The molecule has 0 aromatic heterocycles. The van der Waals surface area contributed by atoms with E-state index in [2.05, 4.69) is 5.32 Å². The highest BCUT2D eigenvalue weighted by molar-refractivity contribution is 5.89. The Bertz CT molecular complexity index is 593. The van der Waals surface area contributed by atoms with Gasteiger partial charge in [-0.25, -0.2) is 9.59 Å². The molecule has 1 heterocycles. The highest BCUT2D eigenvalue weighted by Gasteiger charge is 2.40. The van der Waals surface area contributed by atoms with Crippen LogP contribution in [0, 0.1) is 5.92 Å². The maximum atomic E-state index is 11.3. The van der Waals surface area contributed by atoms with Crippen molar-refractivity contribution in [2.45, 2.75) is 18.4 Å². The molecule has 0 radical (unpaired) electrons. The summed E-state index contributed by atoms with van der Waals surface area (Å²) in [6, 6.07) is 4.15. The van der Waals surface area contributed by atoms with Gasteiger partial charge in [-0.2, -0.15) is 0 Å². The number of hydrogen-bond acceptors (Lipinski definition) is 3. The molecule has 0 bridgehead atoms. The molecule has 3 N–H and O–H groups in total. The monoisotopic (exact) mass is 259 g/mol. The fourth-order valence-corrected chi connectivity index (χ4v) is 2.97. The topological polar surface area (TPSA) is 86.6 Å². The summed E-state index contributed by atoms with van der Waals surface area (Å²) in [5.41, 5.74) is 1.81. The second-order valence-electron chi connectivity index (χ2n) is 4.92. The van der Waals surface area contributed by atoms with E-state index in [0.29, 0.717) is 12.1 Å². The van der Waals surface area contributed by atoms with Crippen LogP contribution in [0.15, 0.2) is 30.4 Å². The lowest BCUT2D eigenvalue weighted by atomic mass is 9.79. The summed E-state index contributed by atoms with van der Waals surface area (Å²) in [6.45, 7) is 0. The minimum Gasteiger partial charge on any atom is -0.480 e. The third-order valence-corrected chi connectivity index (χ3v) is 3.88. The molecule has 1 aromatic rings. The Balaban J connectivity index is 2.08. The zero-order valence-corrected chi connectivity index (χ0v) is 10.0. The number of rotatable bonds is 2. The van der Waals surface area contributed by atoms with Crippen molar-refractivity contribution >= 4 is 17.6 Å². The Labute approximate surface area is 109 Å². The predicted molar refractivity (Wildman–Crippen MR) is 68.4 cm³/mol. The van der Waals surface area contributed by atoms with E-state index in [9.17, 15) is 14.7 Å². The van der Waals surface area contributed by atoms with E-state index >= 15 is 0 Å². The minimum absolute atomic E-state index is 0.0170. The molecule has 5 heteroatoms. The molecule has 5 nitrogen and oxygen atoms in total. The summed E-state index contributed by atoms with van der Waals surface area (Å²) in [4.78, 5) is 22.3. The molecule has 98 valence electrons. The molecule has 0 amide bonds. The van der Waals surface area contributed by atoms with Gasteiger partial charge < -0.3 is 15.5 Å². The highest BCUT2D eigenvalue weighted by atomic mass is 16.4. The lowest BCUT2D eigenvalue weighted by molar-refractivity contribution is -0.139. The third kappa shape index (κ3) is 1.78. The molecule has 3 atom stereocenters. The fraction of sp³-hybridized carbons (Fsp3) is 0.286. The molecule has 3 rings (SSSR count). The molecule has 1 aliphatic carbocycles. The maximum Gasteiger partial charge on any atom is 0.335 e. The molecule has 0 spiro atoms. The Morgan fingerprint density at radius 3 is 2.74 bits per heavy atom. The first-order valence-electron chi connectivity index (χ1n) is 6.11. The highest BCUT2D eigenvalue weighted by Crippen LogP contribution is 2.44. The normalized spacial score (nSPS) is 27.3. The van der Waals surface area contributed by atoms with Gasteiger partial charge >= 0.3 is 11.9 Å². The van der Waals surface area contributed by atoms with Gasteiger partial charge in [-0.1, -0.05) is 12.2 Å². The van der Waals surface area contributed by atoms with E-state index in [1.165, 1.54) is 6.07 Å². The number of aromatic carboxylic acids is 1. The second-order valence-corrected chi connectivity index (χ2v) is 4.92. The van der Waals surface area contributed by atoms with Crippen molar-refractivity contribution in [1.82, 2.24) is 0 Å². The van der Waals surface area contributed by atoms with Gasteiger partial charge in [0.25, 0.3) is 0 Å². The number of benzene rings is 1. The molecule has 2 aliphatic rings. The van der Waals surface area contributed by atoms with E-state index in [1.54, 1.807) is 12.1 Å². The van der Waals surface area contributed by atoms with Crippen molar-refractivity contribution in [2.24, 2.45) is 5.92 Å². The summed E-state index contributed by atoms with van der Waals surface area (Å²) in [5, 5.41) is 21.3. The maximum absolute atomic E-state index is 11.3. The Morgan fingerprint density at radius 1 is 1.26 bits per heavy atom. The number of anilines is 1. The van der Waals surface area contributed by atoms with Crippen LogP contribution in [-0.2, 0) is 4.79 Å². The van der Waals surface area contributed by atoms with E-state index in [4.69, 9.17) is 5.11 Å². The first-order chi connectivity index (χ1) is 9.08. The van der Waals surface area contributed by atoms with Crippen LogP contribution in [-0.4, -0.2) is 28.2 Å². The van der Waals surface area contributed by atoms with Gasteiger partial charge in [-0.05, 0) is 30.2 Å². The lowest BCUT2D eigenvalue weighted by Crippen LogP contribution is -2.41. The number of aliphatic carboxylic acids is 1. The summed E-state index contributed by atoms with van der Waals surface area (Å²) in [7, 11) is 0. The van der Waals surface area contributed by atoms with Crippen LogP contribution >= 0.6 is 0 Å². The van der Waals surface area contributed by atoms with Crippen LogP contribution in [0.1, 0.15) is 28.3 Å². The van der Waals surface area contributed by atoms with Crippen molar-refractivity contribution in [3.8, 4) is 0 Å². The number of nitrogens with one attached hydrogen (secondary N) is 1. The predicted octanol–water partition coefficient (Wildman–Crippen LogP) is 1.92. The van der Waals surface area contributed by atoms with Gasteiger partial charge in [0.15, 0.2) is 0 Å². The standard InChI is InChI=1S/C14H13NO4/c16-13(17)7-4-5-11-10(6-7)8-2-1-3-9(8)12(15-11)14(18)19/h1-2,4-6,8-9,12,15H,3H2,(H,16,17)(H,18,19)/t8-,9+,12-/m0/s1. The van der Waals surface area contributed by atoms with Crippen LogP contribution in [0.4, 0.5) is 5.69 Å². The van der Waals surface area contributed by atoms with Crippen LogP contribution < -0.4 is 5.32 Å². The van der Waals surface area contributed by atoms with E-state index < -0.39 is 18.0 Å². The smallest absolute Gasteiger partial charge is 0.335 e. The van der Waals surface area contributed by atoms with Gasteiger partial charge in [0.2, 0.25) is 0 Å². The summed E-state index contributed by atoms with van der Waals surface area (Å²) >= 11 is 0. The van der Waals surface area contributed by atoms with Crippen molar-refractivity contribution in [1.29, 1.82) is 0 Å². The largest absolute Gasteiger partial charge is 0.480 e. The molecular formula is C14H13NO4. The molecule has 1 aliphatic heterocycles. The molecule has 0 saturated carbocycles. The van der Waals surface area contributed by atoms with Gasteiger partial charge in [0.1, 0.15) is 6.04 Å². The average Bonchev–Trinajstić information content (AvgIpc) is 2.86. The molecule has 19 heavy (non-hydrogen) atoms. The molecular weight excluding hydrogens is 246 g/mol. The van der Waals surface area contributed by atoms with Gasteiger partial charge in [-0.15, -0.1) is 0 Å². The van der Waals surface area contributed by atoms with Crippen LogP contribution in [0.25, 0.3) is 0 Å². The lowest BCUT2D eigenvalue weighted by Gasteiger charge is -2.34. The van der Waals surface area contributed by atoms with Crippen LogP contribution in [0.3, 0.4) is 0 Å². The number of carboxylic acid groups (broad SMARTS) is 2.